The van der Waals surface area contributed by atoms with Gasteiger partial charge in [0.2, 0.25) is 0 Å². The van der Waals surface area contributed by atoms with Crippen molar-refractivity contribution in [2.24, 2.45) is 0 Å². The first-order valence-corrected chi connectivity index (χ1v) is 8.48. The number of urea groups is 1. The summed E-state index contributed by atoms with van der Waals surface area (Å²) in [7, 11) is 0. The van der Waals surface area contributed by atoms with Crippen molar-refractivity contribution < 1.29 is 13.6 Å². The lowest BCUT2D eigenvalue weighted by Gasteiger charge is -2.28. The molecule has 7 heteroatoms. The average molecular weight is 348 g/mol. The minimum atomic E-state index is -2.57. The summed E-state index contributed by atoms with van der Waals surface area (Å²) in [4.78, 5) is 17.8. The molecule has 1 aliphatic carbocycles. The van der Waals surface area contributed by atoms with Crippen LogP contribution >= 0.6 is 0 Å². The van der Waals surface area contributed by atoms with E-state index in [4.69, 9.17) is 0 Å². The molecule has 3 rings (SSSR count). The van der Waals surface area contributed by atoms with Gasteiger partial charge in [-0.05, 0) is 24.8 Å². The Labute approximate surface area is 145 Å². The lowest BCUT2D eigenvalue weighted by atomic mass is 10.1. The first kappa shape index (κ1) is 17.4. The molecule has 1 fully saturated rings. The van der Waals surface area contributed by atoms with Gasteiger partial charge in [-0.25, -0.2) is 18.6 Å². The summed E-state index contributed by atoms with van der Waals surface area (Å²) in [5.74, 6) is 0. The van der Waals surface area contributed by atoms with Gasteiger partial charge in [0.05, 0.1) is 25.0 Å². The van der Waals surface area contributed by atoms with E-state index in [1.165, 1.54) is 4.90 Å². The zero-order valence-corrected chi connectivity index (χ0v) is 13.9. The van der Waals surface area contributed by atoms with Crippen LogP contribution < -0.4 is 5.32 Å². The molecule has 0 radical (unpaired) electrons. The van der Waals surface area contributed by atoms with Crippen molar-refractivity contribution in [2.45, 2.75) is 44.3 Å². The highest BCUT2D eigenvalue weighted by molar-refractivity contribution is 5.74. The molecule has 134 valence electrons. The molecule has 1 saturated carbocycles. The predicted molar refractivity (Wildman–Crippen MR) is 90.3 cm³/mol. The number of aromatic nitrogens is 2. The maximum Gasteiger partial charge on any atom is 0.318 e. The van der Waals surface area contributed by atoms with Crippen LogP contribution in [0.25, 0.3) is 0 Å². The van der Waals surface area contributed by atoms with Gasteiger partial charge in [0.15, 0.2) is 0 Å². The Morgan fingerprint density at radius 1 is 1.32 bits per heavy atom. The third kappa shape index (κ3) is 4.55. The highest BCUT2D eigenvalue weighted by Crippen LogP contribution is 2.30. The lowest BCUT2D eigenvalue weighted by Crippen LogP contribution is -2.47. The van der Waals surface area contributed by atoms with Gasteiger partial charge >= 0.3 is 6.03 Å². The molecule has 1 aromatic heterocycles. The average Bonchev–Trinajstić information content (AvgIpc) is 3.25. The molecule has 2 aromatic rings. The SMILES string of the molecule is O=C(N[C@H]1CCC[C@@H]1n1ccnc1)N(Cc1ccccc1)CC(F)F. The standard InChI is InChI=1S/C18H22F2N4O/c19-17(20)12-24(11-14-5-2-1-3-6-14)18(25)22-15-7-4-8-16(15)23-10-9-21-13-23/h1-3,5-6,9-10,13,15-17H,4,7-8,11-12H2,(H,22,25)/t15-,16-/m0/s1. The van der Waals surface area contributed by atoms with E-state index in [0.29, 0.717) is 0 Å². The van der Waals surface area contributed by atoms with E-state index in [1.807, 2.05) is 41.1 Å². The molecular formula is C18H22F2N4O. The summed E-state index contributed by atoms with van der Waals surface area (Å²) in [6.45, 7) is -0.414. The third-order valence-corrected chi connectivity index (χ3v) is 4.56. The van der Waals surface area contributed by atoms with E-state index in [2.05, 4.69) is 10.3 Å². The van der Waals surface area contributed by atoms with Crippen molar-refractivity contribution in [1.29, 1.82) is 0 Å². The second-order valence-corrected chi connectivity index (χ2v) is 6.32. The van der Waals surface area contributed by atoms with Crippen LogP contribution in [0.5, 0.6) is 0 Å². The summed E-state index contributed by atoms with van der Waals surface area (Å²) in [6, 6.07) is 8.79. The summed E-state index contributed by atoms with van der Waals surface area (Å²) in [6.07, 6.45) is 5.50. The molecule has 1 aliphatic rings. The molecule has 1 aromatic carbocycles. The van der Waals surface area contributed by atoms with Crippen LogP contribution in [0.4, 0.5) is 13.6 Å². The fourth-order valence-electron chi connectivity index (χ4n) is 3.37. The zero-order chi connectivity index (χ0) is 17.6. The van der Waals surface area contributed by atoms with Crippen molar-refractivity contribution in [3.63, 3.8) is 0 Å². The third-order valence-electron chi connectivity index (χ3n) is 4.56. The van der Waals surface area contributed by atoms with Gasteiger partial charge in [-0.15, -0.1) is 0 Å². The van der Waals surface area contributed by atoms with Crippen LogP contribution in [0, 0.1) is 0 Å². The fourth-order valence-corrected chi connectivity index (χ4v) is 3.37. The first-order chi connectivity index (χ1) is 12.1. The second kappa shape index (κ2) is 8.09. The first-order valence-electron chi connectivity index (χ1n) is 8.48. The number of halogens is 2. The smallest absolute Gasteiger partial charge is 0.318 e. The van der Waals surface area contributed by atoms with E-state index in [-0.39, 0.29) is 18.6 Å². The monoisotopic (exact) mass is 348 g/mol. The van der Waals surface area contributed by atoms with Gasteiger partial charge in [-0.2, -0.15) is 0 Å². The van der Waals surface area contributed by atoms with Crippen molar-refractivity contribution >= 4 is 6.03 Å². The Morgan fingerprint density at radius 3 is 2.80 bits per heavy atom. The number of carbonyl (C=O) groups is 1. The second-order valence-electron chi connectivity index (χ2n) is 6.32. The molecular weight excluding hydrogens is 326 g/mol. The van der Waals surface area contributed by atoms with Crippen molar-refractivity contribution in [2.75, 3.05) is 6.54 Å². The molecule has 1 heterocycles. The van der Waals surface area contributed by atoms with E-state index in [1.54, 1.807) is 12.5 Å². The number of carbonyl (C=O) groups excluding carboxylic acids is 1. The molecule has 1 N–H and O–H groups in total. The maximum atomic E-state index is 12.9. The number of hydrogen-bond acceptors (Lipinski definition) is 2. The number of rotatable bonds is 6. The normalized spacial score (nSPS) is 20.0. The van der Waals surface area contributed by atoms with E-state index >= 15 is 0 Å². The predicted octanol–water partition coefficient (Wildman–Crippen LogP) is 3.45. The van der Waals surface area contributed by atoms with Crippen molar-refractivity contribution in [3.8, 4) is 0 Å². The van der Waals surface area contributed by atoms with Crippen LogP contribution in [0.3, 0.4) is 0 Å². The van der Waals surface area contributed by atoms with E-state index in [0.717, 1.165) is 24.8 Å². The van der Waals surface area contributed by atoms with Crippen LogP contribution in [0.15, 0.2) is 49.1 Å². The molecule has 0 bridgehead atoms. The molecule has 2 atom stereocenters. The van der Waals surface area contributed by atoms with E-state index < -0.39 is 19.0 Å². The van der Waals surface area contributed by atoms with Crippen molar-refractivity contribution in [1.82, 2.24) is 19.8 Å². The van der Waals surface area contributed by atoms with Gasteiger partial charge in [-0.3, -0.25) is 0 Å². The largest absolute Gasteiger partial charge is 0.333 e. The Hall–Kier alpha value is -2.44. The van der Waals surface area contributed by atoms with Gasteiger partial charge in [0.1, 0.15) is 0 Å². The number of imidazole rings is 1. The molecule has 0 unspecified atom stereocenters. The number of alkyl halides is 2. The molecule has 2 amide bonds. The minimum Gasteiger partial charge on any atom is -0.333 e. The van der Waals surface area contributed by atoms with Gasteiger partial charge in [-0.1, -0.05) is 30.3 Å². The quantitative estimate of drug-likeness (QED) is 0.869. The van der Waals surface area contributed by atoms with E-state index in [9.17, 15) is 13.6 Å². The molecule has 25 heavy (non-hydrogen) atoms. The topological polar surface area (TPSA) is 50.2 Å². The number of nitrogens with zero attached hydrogens (tertiary/aromatic N) is 3. The minimum absolute atomic E-state index is 0.0716. The number of hydrogen-bond donors (Lipinski definition) is 1. The van der Waals surface area contributed by atoms with Gasteiger partial charge in [0, 0.05) is 18.9 Å². The zero-order valence-electron chi connectivity index (χ0n) is 13.9. The highest BCUT2D eigenvalue weighted by atomic mass is 19.3. The Bertz CT molecular complexity index is 663. The van der Waals surface area contributed by atoms with Crippen LogP contribution in [-0.4, -0.2) is 39.5 Å². The molecule has 0 saturated heterocycles. The van der Waals surface area contributed by atoms with Gasteiger partial charge < -0.3 is 14.8 Å². The Kier molecular flexibility index (Phi) is 5.63. The van der Waals surface area contributed by atoms with Gasteiger partial charge in [0.25, 0.3) is 6.43 Å². The summed E-state index contributed by atoms with van der Waals surface area (Å²) in [5.41, 5.74) is 0.830. The molecule has 5 nitrogen and oxygen atoms in total. The maximum absolute atomic E-state index is 12.9. The number of nitrogens with one attached hydrogen (secondary N) is 1. The number of amides is 2. The Balaban J connectivity index is 1.67. The van der Waals surface area contributed by atoms with Crippen LogP contribution in [0.2, 0.25) is 0 Å². The molecule has 0 aliphatic heterocycles. The fraction of sp³-hybridized carbons (Fsp3) is 0.444. The van der Waals surface area contributed by atoms with Crippen LogP contribution in [0.1, 0.15) is 30.9 Å². The summed E-state index contributed by atoms with van der Waals surface area (Å²) in [5, 5.41) is 2.95. The summed E-state index contributed by atoms with van der Waals surface area (Å²) < 4.78 is 27.8. The Morgan fingerprint density at radius 2 is 2.12 bits per heavy atom. The number of benzene rings is 1. The van der Waals surface area contributed by atoms with Crippen LogP contribution in [-0.2, 0) is 6.54 Å². The highest BCUT2D eigenvalue weighted by Gasteiger charge is 2.31. The molecule has 0 spiro atoms. The summed E-state index contributed by atoms with van der Waals surface area (Å²) >= 11 is 0. The lowest BCUT2D eigenvalue weighted by molar-refractivity contribution is 0.0942. The van der Waals surface area contributed by atoms with Crippen molar-refractivity contribution in [3.05, 3.63) is 54.6 Å².